The van der Waals surface area contributed by atoms with Crippen molar-refractivity contribution >= 4 is 6.29 Å². The van der Waals surface area contributed by atoms with Gasteiger partial charge in [0, 0.05) is 12.5 Å². The molecule has 0 aliphatic rings. The zero-order valence-corrected chi connectivity index (χ0v) is 8.27. The van der Waals surface area contributed by atoms with E-state index in [4.69, 9.17) is 5.26 Å². The first-order valence-electron chi connectivity index (χ1n) is 4.49. The Morgan fingerprint density at radius 2 is 2.13 bits per heavy atom. The van der Waals surface area contributed by atoms with Gasteiger partial charge in [-0.15, -0.1) is 0 Å². The number of phenolic OH excluding ortho intramolecular Hbond substituents is 2. The highest BCUT2D eigenvalue weighted by Gasteiger charge is 2.13. The highest BCUT2D eigenvalue weighted by atomic mass is 16.3. The second kappa shape index (κ2) is 4.47. The lowest BCUT2D eigenvalue weighted by Gasteiger charge is -2.11. The number of benzene rings is 1. The fourth-order valence-corrected chi connectivity index (χ4v) is 1.35. The van der Waals surface area contributed by atoms with Crippen LogP contribution in [0.15, 0.2) is 12.1 Å². The highest BCUT2D eigenvalue weighted by Crippen LogP contribution is 2.32. The van der Waals surface area contributed by atoms with E-state index in [0.717, 1.165) is 12.4 Å². The van der Waals surface area contributed by atoms with E-state index in [2.05, 4.69) is 0 Å². The number of aromatic hydroxyl groups is 2. The summed E-state index contributed by atoms with van der Waals surface area (Å²) in [5.41, 5.74) is 0.594. The number of aldehydes is 1. The molecule has 4 nitrogen and oxygen atoms in total. The maximum absolute atomic E-state index is 10.3. The molecule has 1 rings (SSSR count). The molecular weight excluding hydrogens is 194 g/mol. The number of nitriles is 1. The van der Waals surface area contributed by atoms with Gasteiger partial charge in [-0.2, -0.15) is 5.26 Å². The summed E-state index contributed by atoms with van der Waals surface area (Å²) in [7, 11) is 0. The predicted octanol–water partition coefficient (Wildman–Crippen LogP) is 1.66. The Morgan fingerprint density at radius 1 is 1.47 bits per heavy atom. The Balaban J connectivity index is 3.19. The third-order valence-electron chi connectivity index (χ3n) is 2.25. The zero-order valence-electron chi connectivity index (χ0n) is 8.27. The summed E-state index contributed by atoms with van der Waals surface area (Å²) in [4.78, 5) is 10.3. The molecule has 2 N–H and O–H groups in total. The van der Waals surface area contributed by atoms with Crippen molar-refractivity contribution < 1.29 is 15.0 Å². The van der Waals surface area contributed by atoms with Crippen molar-refractivity contribution in [2.45, 2.75) is 19.3 Å². The molecule has 1 unspecified atom stereocenters. The van der Waals surface area contributed by atoms with Crippen LogP contribution in [-0.4, -0.2) is 16.5 Å². The van der Waals surface area contributed by atoms with Crippen molar-refractivity contribution in [2.24, 2.45) is 0 Å². The quantitative estimate of drug-likeness (QED) is 0.735. The average molecular weight is 205 g/mol. The normalized spacial score (nSPS) is 11.7. The molecule has 0 heterocycles. The fraction of sp³-hybridized carbons (Fsp3) is 0.273. The number of carbonyl (C=O) groups is 1. The topological polar surface area (TPSA) is 81.3 Å². The van der Waals surface area contributed by atoms with E-state index in [9.17, 15) is 15.0 Å². The van der Waals surface area contributed by atoms with Gasteiger partial charge in [-0.3, -0.25) is 0 Å². The Hall–Kier alpha value is -2.02. The van der Waals surface area contributed by atoms with Gasteiger partial charge in [-0.1, -0.05) is 6.92 Å². The summed E-state index contributed by atoms with van der Waals surface area (Å²) < 4.78 is 0. The molecule has 0 amide bonds. The largest absolute Gasteiger partial charge is 0.508 e. The molecule has 15 heavy (non-hydrogen) atoms. The van der Waals surface area contributed by atoms with Crippen molar-refractivity contribution in [3.63, 3.8) is 0 Å². The minimum atomic E-state index is -0.253. The number of hydrogen-bond donors (Lipinski definition) is 2. The summed E-state index contributed by atoms with van der Waals surface area (Å²) in [6, 6.07) is 4.33. The van der Waals surface area contributed by atoms with E-state index in [-0.39, 0.29) is 29.4 Å². The van der Waals surface area contributed by atoms with Crippen molar-refractivity contribution in [1.29, 1.82) is 5.26 Å². The molecule has 1 atom stereocenters. The van der Waals surface area contributed by atoms with E-state index in [1.807, 2.05) is 6.07 Å². The smallest absolute Gasteiger partial charge is 0.137 e. The summed E-state index contributed by atoms with van der Waals surface area (Å²) in [6.07, 6.45) is 1.02. The lowest BCUT2D eigenvalue weighted by atomic mass is 9.95. The lowest BCUT2D eigenvalue weighted by Crippen LogP contribution is -1.96. The van der Waals surface area contributed by atoms with Crippen LogP contribution in [0, 0.1) is 11.3 Å². The van der Waals surface area contributed by atoms with Crippen LogP contribution >= 0.6 is 0 Å². The van der Waals surface area contributed by atoms with Gasteiger partial charge in [0.15, 0.2) is 0 Å². The third-order valence-corrected chi connectivity index (χ3v) is 2.25. The van der Waals surface area contributed by atoms with Gasteiger partial charge in [0.25, 0.3) is 0 Å². The molecule has 78 valence electrons. The van der Waals surface area contributed by atoms with Gasteiger partial charge in [0.05, 0.1) is 5.56 Å². The maximum atomic E-state index is 10.3. The lowest BCUT2D eigenvalue weighted by molar-refractivity contribution is -0.108. The Morgan fingerprint density at radius 3 is 2.67 bits per heavy atom. The van der Waals surface area contributed by atoms with Gasteiger partial charge in [0.2, 0.25) is 0 Å². The van der Waals surface area contributed by atoms with Crippen molar-refractivity contribution in [3.8, 4) is 17.6 Å². The molecule has 0 bridgehead atoms. The second-order valence-electron chi connectivity index (χ2n) is 3.34. The molecule has 0 aliphatic carbocycles. The molecule has 0 saturated carbocycles. The van der Waals surface area contributed by atoms with Crippen LogP contribution in [0.3, 0.4) is 0 Å². The van der Waals surface area contributed by atoms with Crippen molar-refractivity contribution in [3.05, 3.63) is 23.3 Å². The Kier molecular flexibility index (Phi) is 3.29. The second-order valence-corrected chi connectivity index (χ2v) is 3.34. The van der Waals surface area contributed by atoms with E-state index in [1.165, 1.54) is 6.07 Å². The van der Waals surface area contributed by atoms with Crippen molar-refractivity contribution in [2.75, 3.05) is 0 Å². The van der Waals surface area contributed by atoms with Crippen LogP contribution in [0.5, 0.6) is 11.5 Å². The van der Waals surface area contributed by atoms with Crippen LogP contribution in [0.1, 0.15) is 30.4 Å². The minimum Gasteiger partial charge on any atom is -0.508 e. The van der Waals surface area contributed by atoms with Gasteiger partial charge < -0.3 is 15.0 Å². The van der Waals surface area contributed by atoms with E-state index in [0.29, 0.717) is 5.56 Å². The van der Waals surface area contributed by atoms with E-state index >= 15 is 0 Å². The molecule has 0 spiro atoms. The molecule has 1 aromatic carbocycles. The monoisotopic (exact) mass is 205 g/mol. The predicted molar refractivity (Wildman–Crippen MR) is 53.6 cm³/mol. The molecule has 0 radical (unpaired) electrons. The van der Waals surface area contributed by atoms with Gasteiger partial charge in [0.1, 0.15) is 23.9 Å². The zero-order chi connectivity index (χ0) is 11.4. The highest BCUT2D eigenvalue weighted by molar-refractivity contribution is 5.56. The molecule has 0 aliphatic heterocycles. The summed E-state index contributed by atoms with van der Waals surface area (Å²) in [5, 5.41) is 27.5. The first kappa shape index (κ1) is 11.1. The number of carbonyl (C=O) groups excluding carboxylic acids is 1. The van der Waals surface area contributed by atoms with Crippen LogP contribution in [0.25, 0.3) is 0 Å². The molecular formula is C11H11NO3. The van der Waals surface area contributed by atoms with Crippen LogP contribution < -0.4 is 0 Å². The number of phenols is 2. The van der Waals surface area contributed by atoms with Crippen LogP contribution in [0.4, 0.5) is 0 Å². The SMILES string of the molecule is CC(CC=O)c1cc(C#N)c(O)cc1O. The van der Waals surface area contributed by atoms with Gasteiger partial charge in [-0.25, -0.2) is 0 Å². The first-order chi connectivity index (χ1) is 7.10. The minimum absolute atomic E-state index is 0.0964. The average Bonchev–Trinajstić information content (AvgIpc) is 2.18. The standard InChI is InChI=1S/C11H11NO3/c1-7(2-3-13)9-4-8(6-12)10(14)5-11(9)15/h3-5,7,14-15H,2H2,1H3. The van der Waals surface area contributed by atoms with Crippen LogP contribution in [0.2, 0.25) is 0 Å². The number of nitrogens with zero attached hydrogens (tertiary/aromatic N) is 1. The van der Waals surface area contributed by atoms with Gasteiger partial charge >= 0.3 is 0 Å². The number of hydrogen-bond acceptors (Lipinski definition) is 4. The maximum Gasteiger partial charge on any atom is 0.137 e. The Bertz CT molecular complexity index is 421. The Labute approximate surface area is 87.4 Å². The molecule has 0 fully saturated rings. The van der Waals surface area contributed by atoms with Crippen LogP contribution in [-0.2, 0) is 4.79 Å². The number of rotatable bonds is 3. The van der Waals surface area contributed by atoms with E-state index < -0.39 is 0 Å². The first-order valence-corrected chi connectivity index (χ1v) is 4.49. The fourth-order valence-electron chi connectivity index (χ4n) is 1.35. The van der Waals surface area contributed by atoms with Crippen molar-refractivity contribution in [1.82, 2.24) is 0 Å². The van der Waals surface area contributed by atoms with E-state index in [1.54, 1.807) is 6.92 Å². The third kappa shape index (κ3) is 2.26. The molecule has 0 saturated heterocycles. The summed E-state index contributed by atoms with van der Waals surface area (Å²) in [6.45, 7) is 1.77. The molecule has 0 aromatic heterocycles. The summed E-state index contributed by atoms with van der Waals surface area (Å²) in [5.74, 6) is -0.520. The van der Waals surface area contributed by atoms with Gasteiger partial charge in [-0.05, 0) is 17.5 Å². The summed E-state index contributed by atoms with van der Waals surface area (Å²) >= 11 is 0. The molecule has 1 aromatic rings. The molecule has 4 heteroatoms.